The molecule has 1 aliphatic heterocycles. The van der Waals surface area contributed by atoms with Gasteiger partial charge in [0.25, 0.3) is 0 Å². The number of aliphatic hydroxyl groups is 2. The predicted molar refractivity (Wildman–Crippen MR) is 151 cm³/mol. The highest BCUT2D eigenvalue weighted by molar-refractivity contribution is 5.66. The van der Waals surface area contributed by atoms with Crippen LogP contribution in [0.5, 0.6) is 0 Å². The average molecular weight is 577 g/mol. The van der Waals surface area contributed by atoms with E-state index in [-0.39, 0.29) is 45.5 Å². The molecule has 6 fully saturated rings. The molecule has 6 aliphatic rings. The largest absolute Gasteiger partial charge is 0.457 e. The summed E-state index contributed by atoms with van der Waals surface area (Å²) >= 11 is 0. The van der Waals surface area contributed by atoms with Gasteiger partial charge in [0, 0.05) is 6.92 Å². The van der Waals surface area contributed by atoms with Gasteiger partial charge in [0.15, 0.2) is 6.10 Å². The Kier molecular flexibility index (Phi) is 6.38. The van der Waals surface area contributed by atoms with Crippen LogP contribution in [0.25, 0.3) is 0 Å². The van der Waals surface area contributed by atoms with Crippen LogP contribution < -0.4 is 11.5 Å². The first kappa shape index (κ1) is 29.6. The fraction of sp³-hybridized carbons (Fsp3) is 0.938. The minimum Gasteiger partial charge on any atom is -0.457 e. The fourth-order valence-electron chi connectivity index (χ4n) is 12.3. The minimum absolute atomic E-state index is 0.0160. The van der Waals surface area contributed by atoms with Crippen LogP contribution in [-0.4, -0.2) is 63.9 Å². The SMILES string of the molecule is CC(=O)OC(C1CC(C)C2C(O1)C(OC(N)=O)C1(N)C3CCC4C(C)(C)C(O)CCC45CC35CCC21C)C(C)(C)O. The third kappa shape index (κ3) is 3.67. The van der Waals surface area contributed by atoms with Crippen molar-refractivity contribution < 1.29 is 34.0 Å². The summed E-state index contributed by atoms with van der Waals surface area (Å²) in [5.41, 5.74) is 11.1. The molecule has 0 bridgehead atoms. The monoisotopic (exact) mass is 576 g/mol. The Morgan fingerprint density at radius 1 is 1.05 bits per heavy atom. The molecule has 1 saturated heterocycles. The first-order chi connectivity index (χ1) is 18.9. The zero-order valence-corrected chi connectivity index (χ0v) is 25.9. The Labute approximate surface area is 244 Å². The molecule has 232 valence electrons. The van der Waals surface area contributed by atoms with Crippen molar-refractivity contribution in [1.29, 1.82) is 0 Å². The zero-order chi connectivity index (χ0) is 30.1. The van der Waals surface area contributed by atoms with Crippen molar-refractivity contribution in [1.82, 2.24) is 0 Å². The standard InChI is InChI=1S/C32H52N2O7/c1-16-14-18(24(28(5,6)38)39-17(2)35)40-23-22(16)29(7)12-13-31-15-30(31)11-10-21(36)27(3,4)19(30)8-9-20(31)32(29,34)25(23)41-26(33)37/h16,18-25,36,38H,8-15,34H2,1-7H3,(H2,33,37). The predicted octanol–water partition coefficient (Wildman–Crippen LogP) is 3.66. The number of esters is 1. The average Bonchev–Trinajstić information content (AvgIpc) is 3.48. The van der Waals surface area contributed by atoms with Crippen molar-refractivity contribution >= 4 is 12.1 Å². The number of primary amides is 1. The summed E-state index contributed by atoms with van der Waals surface area (Å²) < 4.78 is 18.5. The topological polar surface area (TPSA) is 154 Å². The van der Waals surface area contributed by atoms with E-state index in [0.717, 1.165) is 44.9 Å². The number of aliphatic hydroxyl groups excluding tert-OH is 1. The number of ether oxygens (including phenoxy) is 3. The van der Waals surface area contributed by atoms with Gasteiger partial charge in [-0.25, -0.2) is 4.79 Å². The number of amides is 1. The number of nitrogens with two attached hydrogens (primary N) is 2. The molecular weight excluding hydrogens is 524 g/mol. The summed E-state index contributed by atoms with van der Waals surface area (Å²) in [6, 6.07) is 0. The molecule has 1 amide bonds. The van der Waals surface area contributed by atoms with Gasteiger partial charge in [-0.1, -0.05) is 27.7 Å². The fourth-order valence-corrected chi connectivity index (χ4v) is 12.3. The summed E-state index contributed by atoms with van der Waals surface area (Å²) in [5.74, 6) is 0.232. The maximum Gasteiger partial charge on any atom is 0.404 e. The third-order valence-corrected chi connectivity index (χ3v) is 13.8. The first-order valence-corrected chi connectivity index (χ1v) is 15.8. The van der Waals surface area contributed by atoms with Gasteiger partial charge in [0.2, 0.25) is 0 Å². The Hall–Kier alpha value is -1.42. The molecule has 9 nitrogen and oxygen atoms in total. The number of fused-ring (bicyclic) bond motifs is 4. The molecular formula is C32H52N2O7. The van der Waals surface area contributed by atoms with Gasteiger partial charge in [-0.3, -0.25) is 4.79 Å². The molecule has 41 heavy (non-hydrogen) atoms. The second kappa shape index (κ2) is 8.82. The molecule has 5 aliphatic carbocycles. The number of carbonyl (C=O) groups excluding carboxylic acids is 2. The maximum absolute atomic E-state index is 12.5. The number of hydrogen-bond acceptors (Lipinski definition) is 8. The molecule has 0 aromatic carbocycles. The van der Waals surface area contributed by atoms with E-state index in [0.29, 0.717) is 12.3 Å². The number of rotatable bonds is 4. The van der Waals surface area contributed by atoms with Crippen LogP contribution in [0.15, 0.2) is 0 Å². The molecule has 1 heterocycles. The van der Waals surface area contributed by atoms with E-state index in [1.807, 2.05) is 0 Å². The molecule has 6 N–H and O–H groups in total. The Balaban J connectivity index is 1.41. The van der Waals surface area contributed by atoms with Gasteiger partial charge in [-0.15, -0.1) is 0 Å². The Bertz CT molecular complexity index is 1120. The van der Waals surface area contributed by atoms with E-state index in [9.17, 15) is 19.8 Å². The van der Waals surface area contributed by atoms with E-state index < -0.39 is 47.6 Å². The van der Waals surface area contributed by atoms with E-state index in [1.54, 1.807) is 13.8 Å². The van der Waals surface area contributed by atoms with Gasteiger partial charge < -0.3 is 35.9 Å². The summed E-state index contributed by atoms with van der Waals surface area (Å²) in [6.45, 7) is 13.5. The lowest BCUT2D eigenvalue weighted by molar-refractivity contribution is -0.215. The summed E-state index contributed by atoms with van der Waals surface area (Å²) in [6.07, 6.45) is 3.55. The lowest BCUT2D eigenvalue weighted by Gasteiger charge is -2.63. The highest BCUT2D eigenvalue weighted by Gasteiger charge is 2.85. The molecule has 5 saturated carbocycles. The molecule has 9 heteroatoms. The van der Waals surface area contributed by atoms with Crippen molar-refractivity contribution in [3.8, 4) is 0 Å². The first-order valence-electron chi connectivity index (χ1n) is 15.8. The molecule has 13 atom stereocenters. The van der Waals surface area contributed by atoms with Gasteiger partial charge in [0.1, 0.15) is 12.2 Å². The van der Waals surface area contributed by atoms with Crippen LogP contribution in [0.1, 0.15) is 99.8 Å². The molecule has 13 unspecified atom stereocenters. The summed E-state index contributed by atoms with van der Waals surface area (Å²) in [7, 11) is 0. The second-order valence-corrected chi connectivity index (χ2v) is 16.3. The van der Waals surface area contributed by atoms with Crippen LogP contribution in [0.3, 0.4) is 0 Å². The van der Waals surface area contributed by atoms with Crippen molar-refractivity contribution in [3.05, 3.63) is 0 Å². The third-order valence-electron chi connectivity index (χ3n) is 13.8. The van der Waals surface area contributed by atoms with Crippen LogP contribution >= 0.6 is 0 Å². The zero-order valence-electron chi connectivity index (χ0n) is 25.9. The van der Waals surface area contributed by atoms with Crippen molar-refractivity contribution in [2.24, 2.45) is 56.8 Å². The maximum atomic E-state index is 12.5. The van der Waals surface area contributed by atoms with Crippen LogP contribution in [0.2, 0.25) is 0 Å². The molecule has 2 spiro atoms. The Morgan fingerprint density at radius 2 is 1.68 bits per heavy atom. The van der Waals surface area contributed by atoms with E-state index >= 15 is 0 Å². The van der Waals surface area contributed by atoms with Gasteiger partial charge >= 0.3 is 12.1 Å². The van der Waals surface area contributed by atoms with Crippen molar-refractivity contribution in [2.75, 3.05) is 0 Å². The summed E-state index contributed by atoms with van der Waals surface area (Å²) in [4.78, 5) is 24.5. The Morgan fingerprint density at radius 3 is 2.29 bits per heavy atom. The molecule has 0 aromatic heterocycles. The van der Waals surface area contributed by atoms with Crippen molar-refractivity contribution in [2.45, 2.75) is 141 Å². The minimum atomic E-state index is -1.33. The van der Waals surface area contributed by atoms with Crippen LogP contribution in [-0.2, 0) is 19.0 Å². The number of hydrogen-bond donors (Lipinski definition) is 4. The second-order valence-electron chi connectivity index (χ2n) is 16.3. The van der Waals surface area contributed by atoms with Gasteiger partial charge in [-0.2, -0.15) is 0 Å². The van der Waals surface area contributed by atoms with Crippen LogP contribution in [0, 0.1) is 45.3 Å². The summed E-state index contributed by atoms with van der Waals surface area (Å²) in [5, 5.41) is 22.0. The lowest BCUT2D eigenvalue weighted by atomic mass is 9.43. The van der Waals surface area contributed by atoms with E-state index in [4.69, 9.17) is 25.7 Å². The highest BCUT2D eigenvalue weighted by atomic mass is 16.6. The normalized spacial score (nSPS) is 52.0. The lowest BCUT2D eigenvalue weighted by Crippen LogP contribution is -2.70. The molecule has 6 rings (SSSR count). The molecule has 0 radical (unpaired) electrons. The van der Waals surface area contributed by atoms with E-state index in [2.05, 4.69) is 27.7 Å². The quantitative estimate of drug-likeness (QED) is 0.370. The smallest absolute Gasteiger partial charge is 0.404 e. The number of carbonyl (C=O) groups is 2. The van der Waals surface area contributed by atoms with Gasteiger partial charge in [-0.05, 0) is 111 Å². The van der Waals surface area contributed by atoms with Crippen molar-refractivity contribution in [3.63, 3.8) is 0 Å². The highest BCUT2D eigenvalue weighted by Crippen LogP contribution is 2.87. The van der Waals surface area contributed by atoms with Gasteiger partial charge in [0.05, 0.1) is 23.3 Å². The van der Waals surface area contributed by atoms with E-state index in [1.165, 1.54) is 6.92 Å². The van der Waals surface area contributed by atoms with Crippen LogP contribution in [0.4, 0.5) is 4.79 Å². The molecule has 0 aromatic rings.